The summed E-state index contributed by atoms with van der Waals surface area (Å²) in [5.41, 5.74) is 8.31. The molecule has 0 spiro atoms. The maximum Gasteiger partial charge on any atom is 0.231 e. The monoisotopic (exact) mass is 257 g/mol. The van der Waals surface area contributed by atoms with Gasteiger partial charge in [-0.3, -0.25) is 9.59 Å². The largest absolute Gasteiger partial charge is 0.330 e. The van der Waals surface area contributed by atoms with Crippen molar-refractivity contribution < 1.29 is 9.59 Å². The average molecular weight is 257 g/mol. The normalized spacial score (nSPS) is 13.3. The topological polar surface area (TPSA) is 87.2 Å². The molecule has 0 fully saturated rings. The van der Waals surface area contributed by atoms with Crippen molar-refractivity contribution in [2.45, 2.75) is 19.3 Å². The fourth-order valence-corrected chi connectivity index (χ4v) is 2.25. The summed E-state index contributed by atoms with van der Waals surface area (Å²) in [7, 11) is 0. The van der Waals surface area contributed by atoms with E-state index in [1.165, 1.54) is 4.90 Å². The van der Waals surface area contributed by atoms with Crippen molar-refractivity contribution >= 4 is 17.4 Å². The number of rotatable bonds is 5. The van der Waals surface area contributed by atoms with Gasteiger partial charge in [-0.1, -0.05) is 12.1 Å². The average Bonchev–Trinajstić information content (AvgIpc) is 2.66. The minimum absolute atomic E-state index is 0.0182. The molecule has 0 saturated carbocycles. The fraction of sp³-hybridized carbons (Fsp3) is 0.357. The summed E-state index contributed by atoms with van der Waals surface area (Å²) in [4.78, 5) is 24.9. The molecule has 1 heterocycles. The number of carbonyl (C=O) groups is 2. The minimum Gasteiger partial charge on any atom is -0.330 e. The molecule has 1 amide bonds. The summed E-state index contributed by atoms with van der Waals surface area (Å²) in [6.45, 7) is 0.548. The maximum absolute atomic E-state index is 11.9. The highest BCUT2D eigenvalue weighted by atomic mass is 16.2. The van der Waals surface area contributed by atoms with Gasteiger partial charge in [0.2, 0.25) is 5.91 Å². The molecule has 2 N–H and O–H groups in total. The molecule has 0 aromatic heterocycles. The number of hydrogen-bond acceptors (Lipinski definition) is 4. The first kappa shape index (κ1) is 13.2. The zero-order chi connectivity index (χ0) is 13.8. The van der Waals surface area contributed by atoms with Crippen LogP contribution in [0.15, 0.2) is 18.2 Å². The van der Waals surface area contributed by atoms with Crippen molar-refractivity contribution in [1.29, 1.82) is 5.26 Å². The Bertz CT molecular complexity index is 560. The molecule has 2 rings (SSSR count). The zero-order valence-electron chi connectivity index (χ0n) is 10.6. The fourth-order valence-electron chi connectivity index (χ4n) is 2.25. The van der Waals surface area contributed by atoms with Crippen LogP contribution in [0.5, 0.6) is 0 Å². The quantitative estimate of drug-likeness (QED) is 0.834. The van der Waals surface area contributed by atoms with Gasteiger partial charge in [-0.25, -0.2) is 0 Å². The van der Waals surface area contributed by atoms with E-state index >= 15 is 0 Å². The molecule has 0 saturated heterocycles. The Balaban J connectivity index is 2.20. The Morgan fingerprint density at radius 1 is 1.47 bits per heavy atom. The summed E-state index contributed by atoms with van der Waals surface area (Å²) >= 11 is 0. The highest BCUT2D eigenvalue weighted by Gasteiger charge is 2.28. The van der Waals surface area contributed by atoms with Gasteiger partial charge in [0.25, 0.3) is 0 Å². The summed E-state index contributed by atoms with van der Waals surface area (Å²) < 4.78 is 0. The van der Waals surface area contributed by atoms with Gasteiger partial charge >= 0.3 is 0 Å². The van der Waals surface area contributed by atoms with Gasteiger partial charge in [0.15, 0.2) is 5.78 Å². The smallest absolute Gasteiger partial charge is 0.231 e. The van der Waals surface area contributed by atoms with Crippen LogP contribution < -0.4 is 10.6 Å². The van der Waals surface area contributed by atoms with Crippen LogP contribution in [0.4, 0.5) is 5.69 Å². The molecule has 98 valence electrons. The van der Waals surface area contributed by atoms with Gasteiger partial charge in [-0.2, -0.15) is 5.26 Å². The van der Waals surface area contributed by atoms with Crippen LogP contribution in [0, 0.1) is 11.3 Å². The summed E-state index contributed by atoms with van der Waals surface area (Å²) in [5.74, 6) is -0.332. The number of nitriles is 1. The molecule has 1 aromatic carbocycles. The second kappa shape index (κ2) is 5.63. The van der Waals surface area contributed by atoms with Gasteiger partial charge < -0.3 is 10.6 Å². The Hall–Kier alpha value is -2.19. The molecule has 1 aliphatic rings. The molecule has 0 atom stereocenters. The van der Waals surface area contributed by atoms with Gasteiger partial charge in [0.1, 0.15) is 0 Å². The molecule has 1 aliphatic heterocycles. The molecule has 1 aromatic rings. The number of Topliss-reactive ketones (excluding diaryl/α,β-unsaturated/α-hetero) is 1. The van der Waals surface area contributed by atoms with Gasteiger partial charge in [0, 0.05) is 5.69 Å². The number of benzene rings is 1. The van der Waals surface area contributed by atoms with Gasteiger partial charge in [-0.05, 0) is 30.2 Å². The molecular weight excluding hydrogens is 242 g/mol. The Morgan fingerprint density at radius 3 is 2.95 bits per heavy atom. The van der Waals surface area contributed by atoms with E-state index in [0.717, 1.165) is 23.2 Å². The van der Waals surface area contributed by atoms with Gasteiger partial charge in [-0.15, -0.1) is 0 Å². The lowest BCUT2D eigenvalue weighted by molar-refractivity contribution is -0.121. The SMILES string of the molecule is N#CCC(=O)CN1C(=O)Cc2cc(CCN)ccc21. The number of nitrogens with zero attached hydrogens (tertiary/aromatic N) is 2. The van der Waals surface area contributed by atoms with Crippen LogP contribution in [0.3, 0.4) is 0 Å². The standard InChI is InChI=1S/C14H15N3O2/c15-5-3-10-1-2-13-11(7-10)8-14(19)17(13)9-12(18)4-6-16/h1-2,7H,3-5,8-9,15H2. The highest BCUT2D eigenvalue weighted by molar-refractivity contribution is 6.05. The van der Waals surface area contributed by atoms with Crippen molar-refractivity contribution in [3.05, 3.63) is 29.3 Å². The van der Waals surface area contributed by atoms with Crippen molar-refractivity contribution in [1.82, 2.24) is 0 Å². The lowest BCUT2D eigenvalue weighted by Crippen LogP contribution is -2.32. The Labute approximate surface area is 111 Å². The van der Waals surface area contributed by atoms with E-state index in [9.17, 15) is 9.59 Å². The molecule has 0 unspecified atom stereocenters. The second-order valence-electron chi connectivity index (χ2n) is 4.53. The summed E-state index contributed by atoms with van der Waals surface area (Å²) in [6, 6.07) is 7.55. The van der Waals surface area contributed by atoms with Crippen molar-refractivity contribution in [3.8, 4) is 6.07 Å². The number of carbonyl (C=O) groups excluding carboxylic acids is 2. The number of hydrogen-bond donors (Lipinski definition) is 1. The second-order valence-corrected chi connectivity index (χ2v) is 4.53. The van der Waals surface area contributed by atoms with Gasteiger partial charge in [0.05, 0.1) is 25.5 Å². The highest BCUT2D eigenvalue weighted by Crippen LogP contribution is 2.29. The molecule has 5 nitrogen and oxygen atoms in total. The molecule has 19 heavy (non-hydrogen) atoms. The lowest BCUT2D eigenvalue weighted by Gasteiger charge is -2.16. The van der Waals surface area contributed by atoms with E-state index in [1.54, 1.807) is 6.07 Å². The summed E-state index contributed by atoms with van der Waals surface area (Å²) in [5, 5.41) is 8.48. The third kappa shape index (κ3) is 2.80. The van der Waals surface area contributed by atoms with Crippen molar-refractivity contribution in [2.24, 2.45) is 5.73 Å². The maximum atomic E-state index is 11.9. The van der Waals surface area contributed by atoms with E-state index in [0.29, 0.717) is 13.0 Å². The van der Waals surface area contributed by atoms with Crippen LogP contribution in [-0.2, 0) is 22.4 Å². The van der Waals surface area contributed by atoms with Crippen LogP contribution in [0.1, 0.15) is 17.5 Å². The predicted molar refractivity (Wildman–Crippen MR) is 70.5 cm³/mol. The minimum atomic E-state index is -0.241. The van der Waals surface area contributed by atoms with E-state index < -0.39 is 0 Å². The number of fused-ring (bicyclic) bond motifs is 1. The van der Waals surface area contributed by atoms with E-state index in [4.69, 9.17) is 11.0 Å². The van der Waals surface area contributed by atoms with Crippen LogP contribution in [0.2, 0.25) is 0 Å². The van der Waals surface area contributed by atoms with Crippen molar-refractivity contribution in [3.63, 3.8) is 0 Å². The van der Waals surface area contributed by atoms with Crippen molar-refractivity contribution in [2.75, 3.05) is 18.0 Å². The van der Waals surface area contributed by atoms with Crippen LogP contribution in [-0.4, -0.2) is 24.8 Å². The number of nitrogens with two attached hydrogens (primary N) is 1. The third-order valence-corrected chi connectivity index (χ3v) is 3.12. The predicted octanol–water partition coefficient (Wildman–Crippen LogP) is 0.560. The lowest BCUT2D eigenvalue weighted by atomic mass is 10.1. The van der Waals surface area contributed by atoms with E-state index in [-0.39, 0.29) is 24.7 Å². The molecule has 5 heteroatoms. The van der Waals surface area contributed by atoms with E-state index in [2.05, 4.69) is 0 Å². The number of anilines is 1. The Kier molecular flexibility index (Phi) is 3.93. The number of amides is 1. The van der Waals surface area contributed by atoms with Crippen LogP contribution >= 0.6 is 0 Å². The molecule has 0 bridgehead atoms. The summed E-state index contributed by atoms with van der Waals surface area (Å²) in [6.07, 6.45) is 0.923. The first-order valence-electron chi connectivity index (χ1n) is 6.16. The third-order valence-electron chi connectivity index (χ3n) is 3.12. The van der Waals surface area contributed by atoms with E-state index in [1.807, 2.05) is 18.2 Å². The first-order chi connectivity index (χ1) is 9.15. The molecular formula is C14H15N3O2. The zero-order valence-corrected chi connectivity index (χ0v) is 10.6. The molecule has 0 aliphatic carbocycles. The Morgan fingerprint density at radius 2 is 2.26 bits per heavy atom. The van der Waals surface area contributed by atoms with Crippen LogP contribution in [0.25, 0.3) is 0 Å². The molecule has 0 radical (unpaired) electrons. The number of ketones is 1. The first-order valence-corrected chi connectivity index (χ1v) is 6.16.